The minimum Gasteiger partial charge on any atom is -0.351 e. The number of halogens is 2. The van der Waals surface area contributed by atoms with Crippen LogP contribution in [0.15, 0.2) is 28.7 Å². The zero-order valence-corrected chi connectivity index (χ0v) is 15.7. The molecule has 1 atom stereocenters. The molecule has 1 aromatic carbocycles. The van der Waals surface area contributed by atoms with Gasteiger partial charge in [0, 0.05) is 16.4 Å². The molecule has 0 aliphatic carbocycles. The molecule has 0 saturated carbocycles. The van der Waals surface area contributed by atoms with Gasteiger partial charge in [-0.15, -0.1) is 12.4 Å². The van der Waals surface area contributed by atoms with Crippen molar-refractivity contribution in [1.82, 2.24) is 10.6 Å². The minimum absolute atomic E-state index is 0. The molecule has 1 aliphatic heterocycles. The van der Waals surface area contributed by atoms with E-state index in [-0.39, 0.29) is 23.9 Å². The van der Waals surface area contributed by atoms with Gasteiger partial charge in [-0.2, -0.15) is 0 Å². The summed E-state index contributed by atoms with van der Waals surface area (Å²) in [6.07, 6.45) is 3.68. The molecule has 0 spiro atoms. The number of hydrogen-bond acceptors (Lipinski definition) is 2. The quantitative estimate of drug-likeness (QED) is 0.779. The molecule has 3 nitrogen and oxygen atoms in total. The Kier molecular flexibility index (Phi) is 7.87. The average molecular weight is 390 g/mol. The predicted molar refractivity (Wildman–Crippen MR) is 97.5 cm³/mol. The Labute approximate surface area is 148 Å². The van der Waals surface area contributed by atoms with Crippen molar-refractivity contribution in [1.29, 1.82) is 0 Å². The van der Waals surface area contributed by atoms with Gasteiger partial charge < -0.3 is 10.6 Å². The SMILES string of the molecule is CC(C)(Cc1ccc(Br)cc1)NC(=O)CCC1CCNC1.Cl. The average Bonchev–Trinajstić information content (AvgIpc) is 2.91. The highest BCUT2D eigenvalue weighted by Crippen LogP contribution is 2.18. The largest absolute Gasteiger partial charge is 0.351 e. The molecule has 0 bridgehead atoms. The zero-order valence-electron chi connectivity index (χ0n) is 13.3. The molecule has 5 heteroatoms. The first-order valence-corrected chi connectivity index (χ1v) is 8.50. The maximum absolute atomic E-state index is 12.1. The summed E-state index contributed by atoms with van der Waals surface area (Å²) < 4.78 is 1.08. The Morgan fingerprint density at radius 2 is 2.05 bits per heavy atom. The van der Waals surface area contributed by atoms with E-state index >= 15 is 0 Å². The molecule has 1 heterocycles. The zero-order chi connectivity index (χ0) is 15.3. The van der Waals surface area contributed by atoms with Crippen LogP contribution in [0.3, 0.4) is 0 Å². The molecule has 1 saturated heterocycles. The van der Waals surface area contributed by atoms with Crippen molar-refractivity contribution in [3.05, 3.63) is 34.3 Å². The van der Waals surface area contributed by atoms with Gasteiger partial charge in [-0.3, -0.25) is 4.79 Å². The summed E-state index contributed by atoms with van der Waals surface area (Å²) in [5.74, 6) is 0.842. The van der Waals surface area contributed by atoms with Gasteiger partial charge >= 0.3 is 0 Å². The number of amides is 1. The third-order valence-electron chi connectivity index (χ3n) is 3.98. The van der Waals surface area contributed by atoms with Crippen molar-refractivity contribution in [2.75, 3.05) is 13.1 Å². The van der Waals surface area contributed by atoms with Crippen molar-refractivity contribution in [3.63, 3.8) is 0 Å². The fourth-order valence-electron chi connectivity index (χ4n) is 2.89. The topological polar surface area (TPSA) is 41.1 Å². The smallest absolute Gasteiger partial charge is 0.220 e. The molecule has 0 radical (unpaired) electrons. The van der Waals surface area contributed by atoms with Crippen LogP contribution in [0.5, 0.6) is 0 Å². The lowest BCUT2D eigenvalue weighted by Crippen LogP contribution is -2.45. The number of benzene rings is 1. The van der Waals surface area contributed by atoms with Crippen LogP contribution in [-0.2, 0) is 11.2 Å². The van der Waals surface area contributed by atoms with Crippen molar-refractivity contribution in [2.45, 2.75) is 45.1 Å². The molecule has 1 unspecified atom stereocenters. The summed E-state index contributed by atoms with van der Waals surface area (Å²) in [6, 6.07) is 8.28. The molecule has 1 aliphatic rings. The first-order valence-electron chi connectivity index (χ1n) is 7.71. The highest BCUT2D eigenvalue weighted by Gasteiger charge is 2.22. The van der Waals surface area contributed by atoms with Gasteiger partial charge in [0.2, 0.25) is 5.91 Å². The highest BCUT2D eigenvalue weighted by molar-refractivity contribution is 9.10. The fraction of sp³-hybridized carbons (Fsp3) is 0.588. The van der Waals surface area contributed by atoms with E-state index in [0.29, 0.717) is 12.3 Å². The summed E-state index contributed by atoms with van der Waals surface area (Å²) >= 11 is 3.44. The third kappa shape index (κ3) is 6.67. The summed E-state index contributed by atoms with van der Waals surface area (Å²) in [6.45, 7) is 6.34. The number of nitrogens with one attached hydrogen (secondary N) is 2. The molecular weight excluding hydrogens is 364 g/mol. The van der Waals surface area contributed by atoms with Gasteiger partial charge in [0.15, 0.2) is 0 Å². The van der Waals surface area contributed by atoms with Crippen LogP contribution in [0.25, 0.3) is 0 Å². The monoisotopic (exact) mass is 388 g/mol. The molecule has 1 amide bonds. The first-order chi connectivity index (χ1) is 9.94. The van der Waals surface area contributed by atoms with Crippen molar-refractivity contribution < 1.29 is 4.79 Å². The van der Waals surface area contributed by atoms with E-state index in [1.807, 2.05) is 12.1 Å². The van der Waals surface area contributed by atoms with Gasteiger partial charge in [0.1, 0.15) is 0 Å². The molecule has 1 aromatic rings. The molecule has 2 N–H and O–H groups in total. The molecule has 124 valence electrons. The maximum atomic E-state index is 12.1. The first kappa shape index (κ1) is 19.5. The highest BCUT2D eigenvalue weighted by atomic mass is 79.9. The van der Waals surface area contributed by atoms with Crippen LogP contribution in [-0.4, -0.2) is 24.5 Å². The summed E-state index contributed by atoms with van der Waals surface area (Å²) in [5, 5.41) is 6.52. The van der Waals surface area contributed by atoms with E-state index < -0.39 is 0 Å². The van der Waals surface area contributed by atoms with Crippen LogP contribution < -0.4 is 10.6 Å². The normalized spacial score (nSPS) is 17.9. The van der Waals surface area contributed by atoms with E-state index in [1.54, 1.807) is 0 Å². The molecule has 2 rings (SSSR count). The second-order valence-electron chi connectivity index (χ2n) is 6.63. The second kappa shape index (κ2) is 8.90. The van der Waals surface area contributed by atoms with Gasteiger partial charge in [-0.1, -0.05) is 28.1 Å². The van der Waals surface area contributed by atoms with Crippen molar-refractivity contribution >= 4 is 34.2 Å². The number of hydrogen-bond donors (Lipinski definition) is 2. The Morgan fingerprint density at radius 1 is 1.36 bits per heavy atom. The van der Waals surface area contributed by atoms with E-state index in [4.69, 9.17) is 0 Å². The summed E-state index contributed by atoms with van der Waals surface area (Å²) in [4.78, 5) is 12.1. The van der Waals surface area contributed by atoms with Crippen LogP contribution in [0.2, 0.25) is 0 Å². The summed E-state index contributed by atoms with van der Waals surface area (Å²) in [7, 11) is 0. The van der Waals surface area contributed by atoms with E-state index in [1.165, 1.54) is 12.0 Å². The van der Waals surface area contributed by atoms with Crippen LogP contribution in [0.4, 0.5) is 0 Å². The number of carbonyl (C=O) groups is 1. The standard InChI is InChI=1S/C17H25BrN2O.ClH/c1-17(2,11-13-3-6-15(18)7-4-13)20-16(21)8-5-14-9-10-19-12-14;/h3-4,6-7,14,19H,5,8-12H2,1-2H3,(H,20,21);1H. The van der Waals surface area contributed by atoms with Gasteiger partial charge in [0.25, 0.3) is 0 Å². The number of carbonyl (C=O) groups excluding carboxylic acids is 1. The third-order valence-corrected chi connectivity index (χ3v) is 4.51. The Hall–Kier alpha value is -0.580. The van der Waals surface area contributed by atoms with Gasteiger partial charge in [0.05, 0.1) is 0 Å². The van der Waals surface area contributed by atoms with Gasteiger partial charge in [-0.05, 0) is 69.8 Å². The molecule has 0 aromatic heterocycles. The van der Waals surface area contributed by atoms with E-state index in [2.05, 4.69) is 52.5 Å². The fourth-order valence-corrected chi connectivity index (χ4v) is 3.16. The van der Waals surface area contributed by atoms with Crippen molar-refractivity contribution in [3.8, 4) is 0 Å². The predicted octanol–water partition coefficient (Wildman–Crippen LogP) is 3.70. The lowest BCUT2D eigenvalue weighted by molar-refractivity contribution is -0.122. The van der Waals surface area contributed by atoms with Gasteiger partial charge in [-0.25, -0.2) is 0 Å². The molecule has 1 fully saturated rings. The molecule has 22 heavy (non-hydrogen) atoms. The van der Waals surface area contributed by atoms with Crippen LogP contribution in [0, 0.1) is 5.92 Å². The number of rotatable bonds is 6. The Bertz CT molecular complexity index is 470. The minimum atomic E-state index is -0.209. The lowest BCUT2D eigenvalue weighted by Gasteiger charge is -2.27. The van der Waals surface area contributed by atoms with Crippen LogP contribution >= 0.6 is 28.3 Å². The summed E-state index contributed by atoms with van der Waals surface area (Å²) in [5.41, 5.74) is 1.03. The second-order valence-corrected chi connectivity index (χ2v) is 7.55. The maximum Gasteiger partial charge on any atom is 0.220 e. The van der Waals surface area contributed by atoms with E-state index in [9.17, 15) is 4.79 Å². The van der Waals surface area contributed by atoms with E-state index in [0.717, 1.165) is 30.4 Å². The lowest BCUT2D eigenvalue weighted by atomic mass is 9.94. The van der Waals surface area contributed by atoms with Crippen molar-refractivity contribution in [2.24, 2.45) is 5.92 Å². The Balaban J connectivity index is 0.00000242. The Morgan fingerprint density at radius 3 is 2.64 bits per heavy atom. The molecular formula is C17H26BrClN2O. The van der Waals surface area contributed by atoms with Crippen LogP contribution in [0.1, 0.15) is 38.7 Å².